The lowest BCUT2D eigenvalue weighted by atomic mass is 10.2. The van der Waals surface area contributed by atoms with Crippen molar-refractivity contribution in [3.05, 3.63) is 45.9 Å². The highest BCUT2D eigenvalue weighted by Crippen LogP contribution is 2.18. The molecule has 1 aromatic carbocycles. The van der Waals surface area contributed by atoms with Gasteiger partial charge in [0.05, 0.1) is 19.9 Å². The van der Waals surface area contributed by atoms with Crippen LogP contribution >= 0.6 is 11.3 Å². The first-order valence-corrected chi connectivity index (χ1v) is 7.50. The lowest BCUT2D eigenvalue weighted by Gasteiger charge is -2.08. The van der Waals surface area contributed by atoms with Gasteiger partial charge in [0.15, 0.2) is 0 Å². The lowest BCUT2D eigenvalue weighted by Crippen LogP contribution is -2.13. The van der Waals surface area contributed by atoms with E-state index in [1.165, 1.54) is 11.3 Å². The number of nitrogens with one attached hydrogen (secondary N) is 1. The van der Waals surface area contributed by atoms with E-state index in [4.69, 9.17) is 9.47 Å². The monoisotopic (exact) mass is 306 g/mol. The molecule has 0 saturated carbocycles. The van der Waals surface area contributed by atoms with Gasteiger partial charge >= 0.3 is 5.97 Å². The van der Waals surface area contributed by atoms with Gasteiger partial charge in [-0.25, -0.2) is 9.78 Å². The minimum atomic E-state index is -0.314. The van der Waals surface area contributed by atoms with Crippen LogP contribution in [-0.2, 0) is 17.8 Å². The molecule has 0 fully saturated rings. The summed E-state index contributed by atoms with van der Waals surface area (Å²) in [6.07, 6.45) is 1.56. The Morgan fingerprint density at radius 1 is 1.33 bits per heavy atom. The summed E-state index contributed by atoms with van der Waals surface area (Å²) in [6.45, 7) is 3.44. The van der Waals surface area contributed by atoms with Gasteiger partial charge in [-0.05, 0) is 13.0 Å². The van der Waals surface area contributed by atoms with Gasteiger partial charge in [-0.1, -0.05) is 18.2 Å². The molecule has 0 aliphatic heterocycles. The molecule has 6 heteroatoms. The first kappa shape index (κ1) is 15.5. The Kier molecular flexibility index (Phi) is 5.71. The van der Waals surface area contributed by atoms with Crippen molar-refractivity contribution in [1.82, 2.24) is 10.3 Å². The maximum Gasteiger partial charge on any atom is 0.349 e. The number of aromatic nitrogens is 1. The summed E-state index contributed by atoms with van der Waals surface area (Å²) >= 11 is 1.35. The first-order valence-electron chi connectivity index (χ1n) is 6.69. The molecule has 112 valence electrons. The van der Waals surface area contributed by atoms with Crippen molar-refractivity contribution in [2.24, 2.45) is 0 Å². The SMILES string of the molecule is CCOC(=O)c1cnc(CNCc2ccccc2OC)s1. The molecule has 0 aliphatic carbocycles. The molecule has 0 radical (unpaired) electrons. The van der Waals surface area contributed by atoms with E-state index in [1.807, 2.05) is 24.3 Å². The number of hydrogen-bond acceptors (Lipinski definition) is 6. The zero-order valence-electron chi connectivity index (χ0n) is 12.1. The predicted molar refractivity (Wildman–Crippen MR) is 81.6 cm³/mol. The predicted octanol–water partition coefficient (Wildman–Crippen LogP) is 2.62. The van der Waals surface area contributed by atoms with Crippen molar-refractivity contribution < 1.29 is 14.3 Å². The molecule has 0 amide bonds. The summed E-state index contributed by atoms with van der Waals surface area (Å²) in [5, 5.41) is 4.15. The standard InChI is InChI=1S/C15H18N2O3S/c1-3-20-15(18)13-9-17-14(21-13)10-16-8-11-6-4-5-7-12(11)19-2/h4-7,9,16H,3,8,10H2,1-2H3. The van der Waals surface area contributed by atoms with Gasteiger partial charge in [0.25, 0.3) is 0 Å². The number of ether oxygens (including phenoxy) is 2. The minimum Gasteiger partial charge on any atom is -0.496 e. The highest BCUT2D eigenvalue weighted by Gasteiger charge is 2.11. The van der Waals surface area contributed by atoms with E-state index in [-0.39, 0.29) is 5.97 Å². The number of carbonyl (C=O) groups excluding carboxylic acids is 1. The van der Waals surface area contributed by atoms with Gasteiger partial charge in [-0.15, -0.1) is 11.3 Å². The third-order valence-electron chi connectivity index (χ3n) is 2.81. The Balaban J connectivity index is 1.87. The average Bonchev–Trinajstić information content (AvgIpc) is 2.97. The summed E-state index contributed by atoms with van der Waals surface area (Å²) in [7, 11) is 1.66. The maximum atomic E-state index is 11.5. The van der Waals surface area contributed by atoms with Crippen LogP contribution in [0, 0.1) is 0 Å². The van der Waals surface area contributed by atoms with Crippen LogP contribution in [0.3, 0.4) is 0 Å². The third-order valence-corrected chi connectivity index (χ3v) is 3.79. The first-order chi connectivity index (χ1) is 10.2. The van der Waals surface area contributed by atoms with Crippen molar-refractivity contribution in [3.8, 4) is 5.75 Å². The second-order valence-corrected chi connectivity index (χ2v) is 5.37. The molecule has 1 N–H and O–H groups in total. The Hall–Kier alpha value is -1.92. The fraction of sp³-hybridized carbons (Fsp3) is 0.333. The number of thiazole rings is 1. The van der Waals surface area contributed by atoms with E-state index in [2.05, 4.69) is 10.3 Å². The van der Waals surface area contributed by atoms with Crippen LogP contribution in [0.5, 0.6) is 5.75 Å². The van der Waals surface area contributed by atoms with Crippen LogP contribution < -0.4 is 10.1 Å². The van der Waals surface area contributed by atoms with Gasteiger partial charge in [0, 0.05) is 18.7 Å². The lowest BCUT2D eigenvalue weighted by molar-refractivity contribution is 0.0532. The molecule has 0 atom stereocenters. The number of methoxy groups -OCH3 is 1. The molecule has 0 bridgehead atoms. The summed E-state index contributed by atoms with van der Waals surface area (Å²) in [4.78, 5) is 16.3. The quantitative estimate of drug-likeness (QED) is 0.797. The van der Waals surface area contributed by atoms with Crippen molar-refractivity contribution in [1.29, 1.82) is 0 Å². The van der Waals surface area contributed by atoms with Crippen molar-refractivity contribution in [2.45, 2.75) is 20.0 Å². The van der Waals surface area contributed by atoms with Crippen molar-refractivity contribution in [2.75, 3.05) is 13.7 Å². The molecule has 0 saturated heterocycles. The zero-order chi connectivity index (χ0) is 15.1. The fourth-order valence-electron chi connectivity index (χ4n) is 1.84. The van der Waals surface area contributed by atoms with E-state index in [0.29, 0.717) is 24.6 Å². The normalized spacial score (nSPS) is 10.4. The number of hydrogen-bond donors (Lipinski definition) is 1. The third kappa shape index (κ3) is 4.27. The van der Waals surface area contributed by atoms with E-state index in [9.17, 15) is 4.79 Å². The van der Waals surface area contributed by atoms with Gasteiger partial charge in [0.1, 0.15) is 15.6 Å². The molecule has 21 heavy (non-hydrogen) atoms. The fourth-order valence-corrected chi connectivity index (χ4v) is 2.62. The summed E-state index contributed by atoms with van der Waals surface area (Å²) in [6, 6.07) is 7.85. The second kappa shape index (κ2) is 7.75. The zero-order valence-corrected chi connectivity index (χ0v) is 12.9. The van der Waals surface area contributed by atoms with E-state index >= 15 is 0 Å². The Labute approximate surface area is 127 Å². The molecule has 2 rings (SSSR count). The number of carbonyl (C=O) groups is 1. The molecule has 1 heterocycles. The highest BCUT2D eigenvalue weighted by atomic mass is 32.1. The topological polar surface area (TPSA) is 60.5 Å². The second-order valence-electron chi connectivity index (χ2n) is 4.25. The summed E-state index contributed by atoms with van der Waals surface area (Å²) in [5.74, 6) is 0.544. The van der Waals surface area contributed by atoms with Gasteiger partial charge in [-0.2, -0.15) is 0 Å². The van der Waals surface area contributed by atoms with E-state index in [0.717, 1.165) is 16.3 Å². The number of para-hydroxylation sites is 1. The smallest absolute Gasteiger partial charge is 0.349 e. The van der Waals surface area contributed by atoms with Crippen molar-refractivity contribution >= 4 is 17.3 Å². The van der Waals surface area contributed by atoms with Crippen molar-refractivity contribution in [3.63, 3.8) is 0 Å². The number of rotatable bonds is 7. The minimum absolute atomic E-state index is 0.314. The Morgan fingerprint density at radius 3 is 2.90 bits per heavy atom. The Morgan fingerprint density at radius 2 is 2.14 bits per heavy atom. The Bertz CT molecular complexity index is 598. The van der Waals surface area contributed by atoms with Crippen LogP contribution in [0.1, 0.15) is 27.2 Å². The maximum absolute atomic E-state index is 11.5. The number of esters is 1. The summed E-state index contributed by atoms with van der Waals surface area (Å²) < 4.78 is 10.2. The molecule has 0 aliphatic rings. The average molecular weight is 306 g/mol. The molecular weight excluding hydrogens is 288 g/mol. The molecular formula is C15H18N2O3S. The molecule has 1 aromatic heterocycles. The molecule has 5 nitrogen and oxygen atoms in total. The molecule has 0 spiro atoms. The van der Waals surface area contributed by atoms with Gasteiger partial charge in [-0.3, -0.25) is 0 Å². The number of benzene rings is 1. The van der Waals surface area contributed by atoms with E-state index in [1.54, 1.807) is 20.2 Å². The van der Waals surface area contributed by atoms with Crippen LogP contribution in [0.15, 0.2) is 30.5 Å². The van der Waals surface area contributed by atoms with Crippen LogP contribution in [-0.4, -0.2) is 24.7 Å². The van der Waals surface area contributed by atoms with E-state index < -0.39 is 0 Å². The van der Waals surface area contributed by atoms with Gasteiger partial charge in [0.2, 0.25) is 0 Å². The molecule has 2 aromatic rings. The van der Waals surface area contributed by atoms with Crippen LogP contribution in [0.2, 0.25) is 0 Å². The summed E-state index contributed by atoms with van der Waals surface area (Å²) in [5.41, 5.74) is 1.09. The molecule has 0 unspecified atom stereocenters. The van der Waals surface area contributed by atoms with Gasteiger partial charge < -0.3 is 14.8 Å². The largest absolute Gasteiger partial charge is 0.496 e. The highest BCUT2D eigenvalue weighted by molar-refractivity contribution is 7.13. The van der Waals surface area contributed by atoms with Crippen LogP contribution in [0.4, 0.5) is 0 Å². The number of nitrogens with zero attached hydrogens (tertiary/aromatic N) is 1. The van der Waals surface area contributed by atoms with Crippen LogP contribution in [0.25, 0.3) is 0 Å².